The zero-order valence-electron chi connectivity index (χ0n) is 17.1. The summed E-state index contributed by atoms with van der Waals surface area (Å²) in [4.78, 5) is 11.0. The van der Waals surface area contributed by atoms with Crippen LogP contribution < -0.4 is 0 Å². The topological polar surface area (TPSA) is 26.3 Å². The highest BCUT2D eigenvalue weighted by Crippen LogP contribution is 2.45. The maximum absolute atomic E-state index is 12.3. The van der Waals surface area contributed by atoms with Crippen molar-refractivity contribution in [2.24, 2.45) is 29.6 Å². The maximum Gasteiger partial charge on any atom is 0.491 e. The Kier molecular flexibility index (Phi) is 7.49. The Morgan fingerprint density at radius 3 is 1.93 bits per heavy atom. The van der Waals surface area contributed by atoms with Crippen molar-refractivity contribution in [3.63, 3.8) is 0 Å². The van der Waals surface area contributed by atoms with Gasteiger partial charge in [-0.15, -0.1) is 0 Å². The van der Waals surface area contributed by atoms with Crippen LogP contribution in [-0.2, 0) is 9.53 Å². The van der Waals surface area contributed by atoms with Crippen LogP contribution in [0.3, 0.4) is 0 Å². The Bertz CT molecular complexity index is 539. The Morgan fingerprint density at radius 2 is 1.46 bits per heavy atom. The first-order valence-corrected chi connectivity index (χ1v) is 11.3. The van der Waals surface area contributed by atoms with E-state index >= 15 is 0 Å². The number of allylic oxidation sites excluding steroid dienone is 2. The van der Waals surface area contributed by atoms with Gasteiger partial charge >= 0.3 is 12.1 Å². The molecule has 2 nitrogen and oxygen atoms in total. The predicted molar refractivity (Wildman–Crippen MR) is 103 cm³/mol. The molecule has 0 radical (unpaired) electrons. The highest BCUT2D eigenvalue weighted by Gasteiger charge is 2.42. The van der Waals surface area contributed by atoms with Crippen LogP contribution >= 0.6 is 0 Å². The Balaban J connectivity index is 1.40. The summed E-state index contributed by atoms with van der Waals surface area (Å²) in [6.07, 6.45) is 12.4. The highest BCUT2D eigenvalue weighted by molar-refractivity contribution is 5.76. The minimum Gasteiger partial charge on any atom is -0.425 e. The van der Waals surface area contributed by atoms with Gasteiger partial charge in [0.15, 0.2) is 0 Å². The second-order valence-corrected chi connectivity index (χ2v) is 9.34. The normalized spacial score (nSPS) is 34.6. The second kappa shape index (κ2) is 9.67. The molecule has 0 aromatic rings. The molecule has 2 saturated carbocycles. The largest absolute Gasteiger partial charge is 0.491 e. The lowest BCUT2D eigenvalue weighted by atomic mass is 9.66. The van der Waals surface area contributed by atoms with Crippen LogP contribution in [0.15, 0.2) is 11.8 Å². The highest BCUT2D eigenvalue weighted by atomic mass is 19.4. The summed E-state index contributed by atoms with van der Waals surface area (Å²) in [6.45, 7) is 2.29. The fraction of sp³-hybridized carbons (Fsp3) is 0.870. The van der Waals surface area contributed by atoms with Gasteiger partial charge in [0.25, 0.3) is 0 Å². The van der Waals surface area contributed by atoms with Crippen molar-refractivity contribution >= 4 is 5.97 Å². The Morgan fingerprint density at radius 1 is 0.929 bits per heavy atom. The molecular weight excluding hydrogens is 365 g/mol. The van der Waals surface area contributed by atoms with Crippen molar-refractivity contribution < 1.29 is 22.7 Å². The van der Waals surface area contributed by atoms with Gasteiger partial charge in [-0.3, -0.25) is 0 Å². The number of rotatable bonds is 5. The summed E-state index contributed by atoms with van der Waals surface area (Å²) in [6, 6.07) is 0. The van der Waals surface area contributed by atoms with E-state index in [-0.39, 0.29) is 5.76 Å². The fourth-order valence-corrected chi connectivity index (χ4v) is 5.97. The van der Waals surface area contributed by atoms with Crippen molar-refractivity contribution in [2.45, 2.75) is 96.6 Å². The number of carbonyl (C=O) groups is 1. The lowest BCUT2D eigenvalue weighted by Crippen LogP contribution is -2.29. The molecule has 0 aliphatic heterocycles. The van der Waals surface area contributed by atoms with Gasteiger partial charge in [0.2, 0.25) is 0 Å². The van der Waals surface area contributed by atoms with Crippen molar-refractivity contribution in [1.82, 2.24) is 0 Å². The van der Waals surface area contributed by atoms with E-state index < -0.39 is 12.1 Å². The molecule has 3 aliphatic rings. The van der Waals surface area contributed by atoms with Crippen molar-refractivity contribution in [3.05, 3.63) is 11.8 Å². The van der Waals surface area contributed by atoms with Gasteiger partial charge in [0.05, 0.1) is 0 Å². The first kappa shape index (κ1) is 21.7. The van der Waals surface area contributed by atoms with Gasteiger partial charge in [0, 0.05) is 6.42 Å². The van der Waals surface area contributed by atoms with E-state index in [2.05, 4.69) is 11.7 Å². The summed E-state index contributed by atoms with van der Waals surface area (Å²) in [5.41, 5.74) is 0. The number of esters is 1. The quantitative estimate of drug-likeness (QED) is 0.457. The molecule has 28 heavy (non-hydrogen) atoms. The molecule has 0 aromatic heterocycles. The smallest absolute Gasteiger partial charge is 0.425 e. The number of hydrogen-bond acceptors (Lipinski definition) is 2. The van der Waals surface area contributed by atoms with Crippen LogP contribution in [-0.4, -0.2) is 12.1 Å². The van der Waals surface area contributed by atoms with E-state index in [9.17, 15) is 18.0 Å². The van der Waals surface area contributed by atoms with E-state index in [1.807, 2.05) is 0 Å². The fourth-order valence-electron chi connectivity index (χ4n) is 5.97. The molecular formula is C23H35F3O2. The molecule has 5 heteroatoms. The van der Waals surface area contributed by atoms with E-state index in [1.165, 1.54) is 64.2 Å². The van der Waals surface area contributed by atoms with Crippen LogP contribution in [0, 0.1) is 29.6 Å². The van der Waals surface area contributed by atoms with Crippen LogP contribution in [0.25, 0.3) is 0 Å². The Labute approximate surface area is 167 Å². The maximum atomic E-state index is 12.3. The zero-order chi connectivity index (χ0) is 20.1. The number of alkyl halides is 3. The van der Waals surface area contributed by atoms with Crippen LogP contribution in [0.4, 0.5) is 13.2 Å². The monoisotopic (exact) mass is 400 g/mol. The first-order chi connectivity index (χ1) is 13.4. The first-order valence-electron chi connectivity index (χ1n) is 11.3. The van der Waals surface area contributed by atoms with E-state index in [1.54, 1.807) is 6.08 Å². The zero-order valence-corrected chi connectivity index (χ0v) is 17.1. The van der Waals surface area contributed by atoms with Crippen molar-refractivity contribution in [3.8, 4) is 0 Å². The molecule has 0 saturated heterocycles. The van der Waals surface area contributed by atoms with Gasteiger partial charge in [-0.05, 0) is 87.0 Å². The Hall–Kier alpha value is -1.00. The van der Waals surface area contributed by atoms with Gasteiger partial charge in [-0.25, -0.2) is 4.79 Å². The van der Waals surface area contributed by atoms with Crippen molar-refractivity contribution in [1.29, 1.82) is 0 Å². The van der Waals surface area contributed by atoms with Gasteiger partial charge in [-0.1, -0.05) is 32.6 Å². The van der Waals surface area contributed by atoms with Gasteiger partial charge < -0.3 is 4.74 Å². The van der Waals surface area contributed by atoms with Crippen molar-refractivity contribution in [2.75, 3.05) is 0 Å². The molecule has 2 fully saturated rings. The number of hydrogen-bond donors (Lipinski definition) is 0. The number of halogens is 3. The summed E-state index contributed by atoms with van der Waals surface area (Å²) in [7, 11) is 0. The number of ether oxygens (including phenoxy) is 1. The average Bonchev–Trinajstić information content (AvgIpc) is 2.69. The van der Waals surface area contributed by atoms with Gasteiger partial charge in [-0.2, -0.15) is 13.2 Å². The average molecular weight is 401 g/mol. The van der Waals surface area contributed by atoms with E-state index in [0.29, 0.717) is 18.3 Å². The summed E-state index contributed by atoms with van der Waals surface area (Å²) < 4.78 is 41.5. The molecule has 1 unspecified atom stereocenters. The molecule has 160 valence electrons. The molecule has 3 rings (SSSR count). The van der Waals surface area contributed by atoms with E-state index in [4.69, 9.17) is 0 Å². The molecule has 0 amide bonds. The molecule has 0 heterocycles. The van der Waals surface area contributed by atoms with Crippen LogP contribution in [0.1, 0.15) is 90.4 Å². The van der Waals surface area contributed by atoms with E-state index in [0.717, 1.165) is 30.6 Å². The van der Waals surface area contributed by atoms with Crippen LogP contribution in [0.2, 0.25) is 0 Å². The third-order valence-corrected chi connectivity index (χ3v) is 7.60. The molecule has 0 aromatic carbocycles. The lowest BCUT2D eigenvalue weighted by Gasteiger charge is -2.40. The SMILES string of the molecule is CCCC1CCC(C2CCC(C3CC=C(OC(=O)C(F)(F)F)CC3)CC2)CC1. The molecule has 3 aliphatic carbocycles. The molecule has 1 atom stereocenters. The summed E-state index contributed by atoms with van der Waals surface area (Å²) in [5.74, 6) is 2.11. The molecule has 0 spiro atoms. The third kappa shape index (κ3) is 5.76. The molecule has 0 N–H and O–H groups in total. The minimum absolute atomic E-state index is 0.205. The van der Waals surface area contributed by atoms with Gasteiger partial charge in [0.1, 0.15) is 5.76 Å². The standard InChI is InChI=1S/C23H35F3O2/c1-2-3-16-4-6-17(7-5-16)18-8-10-19(11-9-18)20-12-14-21(15-13-20)28-22(27)23(24,25)26/h14,16-20H,2-13,15H2,1H3. The summed E-state index contributed by atoms with van der Waals surface area (Å²) in [5, 5.41) is 0. The number of carbonyl (C=O) groups excluding carboxylic acids is 1. The predicted octanol–water partition coefficient (Wildman–Crippen LogP) is 7.19. The van der Waals surface area contributed by atoms with Crippen LogP contribution in [0.5, 0.6) is 0 Å². The second-order valence-electron chi connectivity index (χ2n) is 9.34. The third-order valence-electron chi connectivity index (χ3n) is 7.60. The summed E-state index contributed by atoms with van der Waals surface area (Å²) >= 11 is 0. The minimum atomic E-state index is -4.91. The lowest BCUT2D eigenvalue weighted by molar-refractivity contribution is -0.195. The molecule has 0 bridgehead atoms.